The molecule has 0 unspecified atom stereocenters. The van der Waals surface area contributed by atoms with Crippen molar-refractivity contribution in [2.75, 3.05) is 14.2 Å². The van der Waals surface area contributed by atoms with Gasteiger partial charge in [-0.1, -0.05) is 17.8 Å². The summed E-state index contributed by atoms with van der Waals surface area (Å²) in [5, 5.41) is 3.84. The van der Waals surface area contributed by atoms with Gasteiger partial charge in [0, 0.05) is 17.9 Å². The molecule has 2 rings (SSSR count). The van der Waals surface area contributed by atoms with E-state index in [2.05, 4.69) is 22.4 Å². The molecule has 1 N–H and O–H groups in total. The van der Waals surface area contributed by atoms with Crippen LogP contribution in [0.2, 0.25) is 0 Å². The average molecular weight is 278 g/mol. The fraction of sp³-hybridized carbons (Fsp3) is 0.357. The number of thioether (sulfide) groups is 1. The van der Waals surface area contributed by atoms with Crippen LogP contribution in [0.5, 0.6) is 5.75 Å². The number of hydrogen-bond acceptors (Lipinski definition) is 5. The highest BCUT2D eigenvalue weighted by Crippen LogP contribution is 2.28. The van der Waals surface area contributed by atoms with Crippen molar-refractivity contribution in [3.8, 4) is 5.75 Å². The van der Waals surface area contributed by atoms with E-state index >= 15 is 0 Å². The normalized spacial score (nSPS) is 10.7. The Morgan fingerprint density at radius 2 is 2.26 bits per heavy atom. The van der Waals surface area contributed by atoms with Gasteiger partial charge in [0.05, 0.1) is 12.8 Å². The first-order valence-electron chi connectivity index (χ1n) is 6.08. The molecule has 1 heterocycles. The third-order valence-electron chi connectivity index (χ3n) is 2.67. The van der Waals surface area contributed by atoms with Gasteiger partial charge in [-0.3, -0.25) is 0 Å². The Kier molecular flexibility index (Phi) is 4.87. The van der Waals surface area contributed by atoms with Gasteiger partial charge in [0.1, 0.15) is 12.0 Å². The number of oxazole rings is 1. The Morgan fingerprint density at radius 1 is 1.42 bits per heavy atom. The number of nitrogens with zero attached hydrogens (tertiary/aromatic N) is 1. The molecular formula is C14H18N2O2S. The number of aromatic nitrogens is 1. The van der Waals surface area contributed by atoms with Gasteiger partial charge in [0.15, 0.2) is 0 Å². The third-order valence-corrected chi connectivity index (χ3v) is 3.56. The lowest BCUT2D eigenvalue weighted by molar-refractivity contribution is 0.411. The second-order valence-corrected chi connectivity index (χ2v) is 5.15. The first-order chi connectivity index (χ1) is 9.22. The molecule has 0 saturated heterocycles. The molecule has 4 nitrogen and oxygen atoms in total. The van der Waals surface area contributed by atoms with Crippen molar-refractivity contribution in [3.63, 3.8) is 0 Å². The Labute approximate surface area is 117 Å². The second-order valence-electron chi connectivity index (χ2n) is 4.22. The van der Waals surface area contributed by atoms with Gasteiger partial charge < -0.3 is 14.5 Å². The van der Waals surface area contributed by atoms with E-state index in [4.69, 9.17) is 9.15 Å². The molecule has 1 aromatic heterocycles. The maximum atomic E-state index is 5.39. The molecule has 0 saturated carbocycles. The Hall–Kier alpha value is -1.46. The number of nitrogens with one attached hydrogen (secondary N) is 1. The summed E-state index contributed by atoms with van der Waals surface area (Å²) in [6.45, 7) is 2.77. The van der Waals surface area contributed by atoms with Gasteiger partial charge in [-0.2, -0.15) is 0 Å². The Morgan fingerprint density at radius 3 is 2.89 bits per heavy atom. The van der Waals surface area contributed by atoms with Crippen LogP contribution < -0.4 is 10.1 Å². The van der Waals surface area contributed by atoms with E-state index in [1.807, 2.05) is 20.0 Å². The highest BCUT2D eigenvalue weighted by atomic mass is 32.2. The van der Waals surface area contributed by atoms with Crippen molar-refractivity contribution in [2.24, 2.45) is 0 Å². The second kappa shape index (κ2) is 6.63. The predicted octanol–water partition coefficient (Wildman–Crippen LogP) is 3.00. The number of ether oxygens (including phenoxy) is 1. The number of hydrogen-bond donors (Lipinski definition) is 1. The number of benzene rings is 1. The number of methoxy groups -OCH3 is 1. The van der Waals surface area contributed by atoms with E-state index < -0.39 is 0 Å². The first-order valence-corrected chi connectivity index (χ1v) is 7.07. The van der Waals surface area contributed by atoms with Crippen LogP contribution in [0.3, 0.4) is 0 Å². The van der Waals surface area contributed by atoms with E-state index in [-0.39, 0.29) is 0 Å². The van der Waals surface area contributed by atoms with Crippen LogP contribution in [0.15, 0.2) is 34.1 Å². The summed E-state index contributed by atoms with van der Waals surface area (Å²) >= 11 is 1.57. The van der Waals surface area contributed by atoms with Crippen molar-refractivity contribution in [1.29, 1.82) is 0 Å². The first kappa shape index (κ1) is 14.0. The monoisotopic (exact) mass is 278 g/mol. The SMILES string of the molecule is CNCc1ccc(OC)c(CSc2nc(C)co2)c1. The molecule has 0 bridgehead atoms. The van der Waals surface area contributed by atoms with Crippen molar-refractivity contribution >= 4 is 11.8 Å². The third kappa shape index (κ3) is 3.75. The van der Waals surface area contributed by atoms with E-state index in [1.54, 1.807) is 25.1 Å². The average Bonchev–Trinajstić information content (AvgIpc) is 2.83. The lowest BCUT2D eigenvalue weighted by Gasteiger charge is -2.09. The lowest BCUT2D eigenvalue weighted by atomic mass is 10.1. The van der Waals surface area contributed by atoms with Gasteiger partial charge in [-0.25, -0.2) is 4.98 Å². The summed E-state index contributed by atoms with van der Waals surface area (Å²) in [6, 6.07) is 6.22. The summed E-state index contributed by atoms with van der Waals surface area (Å²) in [6.07, 6.45) is 1.66. The van der Waals surface area contributed by atoms with Gasteiger partial charge in [0.2, 0.25) is 0 Å². The van der Waals surface area contributed by atoms with Gasteiger partial charge in [-0.05, 0) is 31.7 Å². The summed E-state index contributed by atoms with van der Waals surface area (Å²) < 4.78 is 10.7. The standard InChI is InChI=1S/C14H18N2O2S/c1-10-8-18-14(16-10)19-9-12-6-11(7-15-2)4-5-13(12)17-3/h4-6,8,15H,7,9H2,1-3H3. The highest BCUT2D eigenvalue weighted by Gasteiger charge is 2.08. The van der Waals surface area contributed by atoms with Gasteiger partial charge in [0.25, 0.3) is 5.22 Å². The maximum absolute atomic E-state index is 5.39. The van der Waals surface area contributed by atoms with Gasteiger partial charge >= 0.3 is 0 Å². The van der Waals surface area contributed by atoms with Crippen LogP contribution in [-0.2, 0) is 12.3 Å². The summed E-state index contributed by atoms with van der Waals surface area (Å²) in [5.74, 6) is 1.68. The topological polar surface area (TPSA) is 47.3 Å². The van der Waals surface area contributed by atoms with Crippen LogP contribution >= 0.6 is 11.8 Å². The summed E-state index contributed by atoms with van der Waals surface area (Å²) in [7, 11) is 3.63. The molecule has 19 heavy (non-hydrogen) atoms. The fourth-order valence-corrected chi connectivity index (χ4v) is 2.63. The smallest absolute Gasteiger partial charge is 0.256 e. The van der Waals surface area contributed by atoms with Crippen molar-refractivity contribution < 1.29 is 9.15 Å². The molecule has 0 amide bonds. The molecule has 5 heteroatoms. The molecule has 0 aliphatic carbocycles. The van der Waals surface area contributed by atoms with Crippen LogP contribution in [0.4, 0.5) is 0 Å². The van der Waals surface area contributed by atoms with Gasteiger partial charge in [-0.15, -0.1) is 0 Å². The summed E-state index contributed by atoms with van der Waals surface area (Å²) in [4.78, 5) is 4.28. The molecule has 1 aromatic carbocycles. The predicted molar refractivity (Wildman–Crippen MR) is 76.6 cm³/mol. The highest BCUT2D eigenvalue weighted by molar-refractivity contribution is 7.98. The minimum atomic E-state index is 0.693. The Bertz CT molecular complexity index is 540. The molecule has 102 valence electrons. The molecule has 0 fully saturated rings. The Balaban J connectivity index is 2.10. The van der Waals surface area contributed by atoms with E-state index in [0.717, 1.165) is 29.3 Å². The van der Waals surface area contributed by atoms with E-state index in [0.29, 0.717) is 5.22 Å². The number of aryl methyl sites for hydroxylation is 1. The lowest BCUT2D eigenvalue weighted by Crippen LogP contribution is -2.05. The summed E-state index contributed by atoms with van der Waals surface area (Å²) in [5.41, 5.74) is 3.29. The molecular weight excluding hydrogens is 260 g/mol. The van der Waals surface area contributed by atoms with Crippen molar-refractivity contribution in [1.82, 2.24) is 10.3 Å². The van der Waals surface area contributed by atoms with Crippen LogP contribution in [0.1, 0.15) is 16.8 Å². The van der Waals surface area contributed by atoms with Crippen LogP contribution in [0, 0.1) is 6.92 Å². The zero-order chi connectivity index (χ0) is 13.7. The quantitative estimate of drug-likeness (QED) is 0.823. The molecule has 0 radical (unpaired) electrons. The molecule has 2 aromatic rings. The zero-order valence-electron chi connectivity index (χ0n) is 11.4. The van der Waals surface area contributed by atoms with Crippen LogP contribution in [0.25, 0.3) is 0 Å². The molecule has 0 spiro atoms. The zero-order valence-corrected chi connectivity index (χ0v) is 12.2. The van der Waals surface area contributed by atoms with E-state index in [9.17, 15) is 0 Å². The molecule has 0 atom stereocenters. The van der Waals surface area contributed by atoms with Crippen LogP contribution in [-0.4, -0.2) is 19.1 Å². The van der Waals surface area contributed by atoms with Crippen molar-refractivity contribution in [3.05, 3.63) is 41.3 Å². The van der Waals surface area contributed by atoms with E-state index in [1.165, 1.54) is 5.56 Å². The largest absolute Gasteiger partial charge is 0.496 e. The van der Waals surface area contributed by atoms with Crippen molar-refractivity contribution in [2.45, 2.75) is 24.4 Å². The number of rotatable bonds is 6. The fourth-order valence-electron chi connectivity index (χ4n) is 1.80. The molecule has 0 aliphatic rings. The minimum Gasteiger partial charge on any atom is -0.496 e. The molecule has 0 aliphatic heterocycles. The minimum absolute atomic E-state index is 0.693. The maximum Gasteiger partial charge on any atom is 0.256 e.